The molecule has 2 atom stereocenters. The Hall–Kier alpha value is -2.58. The van der Waals surface area contributed by atoms with Gasteiger partial charge in [0.2, 0.25) is 5.91 Å². The average Bonchev–Trinajstić information content (AvgIpc) is 3.08. The summed E-state index contributed by atoms with van der Waals surface area (Å²) in [5.74, 6) is 1.90. The van der Waals surface area contributed by atoms with Crippen molar-refractivity contribution in [3.8, 4) is 11.5 Å². The molecule has 0 spiro atoms. The molecule has 29 heavy (non-hydrogen) atoms. The van der Waals surface area contributed by atoms with Crippen molar-refractivity contribution >= 4 is 5.91 Å². The van der Waals surface area contributed by atoms with Crippen LogP contribution in [-0.4, -0.2) is 61.2 Å². The van der Waals surface area contributed by atoms with Crippen molar-refractivity contribution in [2.24, 2.45) is 0 Å². The number of hydrogen-bond acceptors (Lipinski definition) is 7. The SMILES string of the molecule is COc1ccc([C@@H]2[C@@H](CO)OCCN2C(=O)CCc2c(C)noc2C)cc1OC. The molecule has 1 amide bonds. The van der Waals surface area contributed by atoms with Crippen LogP contribution in [0.3, 0.4) is 0 Å². The highest BCUT2D eigenvalue weighted by Gasteiger charge is 2.36. The summed E-state index contributed by atoms with van der Waals surface area (Å²) in [6.45, 7) is 4.37. The molecule has 0 aliphatic carbocycles. The third kappa shape index (κ3) is 4.38. The lowest BCUT2D eigenvalue weighted by Crippen LogP contribution is -2.49. The maximum Gasteiger partial charge on any atom is 0.223 e. The molecule has 1 aromatic heterocycles. The number of aryl methyl sites for hydroxylation is 2. The van der Waals surface area contributed by atoms with Crippen molar-refractivity contribution in [2.45, 2.75) is 38.8 Å². The van der Waals surface area contributed by atoms with Crippen molar-refractivity contribution in [2.75, 3.05) is 34.0 Å². The number of amides is 1. The number of nitrogens with zero attached hydrogens (tertiary/aromatic N) is 2. The third-order valence-corrected chi connectivity index (χ3v) is 5.37. The highest BCUT2D eigenvalue weighted by Crippen LogP contribution is 2.36. The van der Waals surface area contributed by atoms with Crippen LogP contribution in [0.1, 0.15) is 35.0 Å². The third-order valence-electron chi connectivity index (χ3n) is 5.37. The summed E-state index contributed by atoms with van der Waals surface area (Å²) < 4.78 is 21.7. The summed E-state index contributed by atoms with van der Waals surface area (Å²) in [5, 5.41) is 13.8. The summed E-state index contributed by atoms with van der Waals surface area (Å²) in [6.07, 6.45) is 0.370. The predicted molar refractivity (Wildman–Crippen MR) is 105 cm³/mol. The molecule has 0 bridgehead atoms. The zero-order chi connectivity index (χ0) is 21.0. The van der Waals surface area contributed by atoms with Crippen LogP contribution in [0.4, 0.5) is 0 Å². The molecule has 1 saturated heterocycles. The van der Waals surface area contributed by atoms with Gasteiger partial charge >= 0.3 is 0 Å². The molecule has 1 aliphatic rings. The number of morpholine rings is 1. The van der Waals surface area contributed by atoms with Gasteiger partial charge in [-0.1, -0.05) is 11.2 Å². The number of ether oxygens (including phenoxy) is 3. The molecular formula is C21H28N2O6. The van der Waals surface area contributed by atoms with E-state index in [1.807, 2.05) is 26.0 Å². The van der Waals surface area contributed by atoms with Gasteiger partial charge in [0.05, 0.1) is 39.2 Å². The van der Waals surface area contributed by atoms with E-state index in [2.05, 4.69) is 5.16 Å². The van der Waals surface area contributed by atoms with Crippen LogP contribution in [0, 0.1) is 13.8 Å². The van der Waals surface area contributed by atoms with Crippen LogP contribution < -0.4 is 9.47 Å². The lowest BCUT2D eigenvalue weighted by Gasteiger charge is -2.41. The summed E-state index contributed by atoms with van der Waals surface area (Å²) in [6, 6.07) is 5.09. The fourth-order valence-electron chi connectivity index (χ4n) is 3.83. The zero-order valence-electron chi connectivity index (χ0n) is 17.3. The van der Waals surface area contributed by atoms with E-state index in [1.54, 1.807) is 25.2 Å². The first-order chi connectivity index (χ1) is 14.0. The Balaban J connectivity index is 1.84. The fourth-order valence-corrected chi connectivity index (χ4v) is 3.83. The summed E-state index contributed by atoms with van der Waals surface area (Å²) in [5.41, 5.74) is 2.60. The lowest BCUT2D eigenvalue weighted by atomic mass is 9.96. The number of hydrogen-bond donors (Lipinski definition) is 1. The predicted octanol–water partition coefficient (Wildman–Crippen LogP) is 2.20. The maximum absolute atomic E-state index is 13.1. The molecule has 8 heteroatoms. The van der Waals surface area contributed by atoms with Gasteiger partial charge in [-0.2, -0.15) is 0 Å². The van der Waals surface area contributed by atoms with Gasteiger partial charge in [0.1, 0.15) is 11.9 Å². The minimum Gasteiger partial charge on any atom is -0.493 e. The number of carbonyl (C=O) groups excluding carboxylic acids is 1. The van der Waals surface area contributed by atoms with Gasteiger partial charge in [0.25, 0.3) is 0 Å². The van der Waals surface area contributed by atoms with E-state index in [4.69, 9.17) is 18.7 Å². The maximum atomic E-state index is 13.1. The minimum absolute atomic E-state index is 0.00784. The van der Waals surface area contributed by atoms with Crippen LogP contribution >= 0.6 is 0 Å². The van der Waals surface area contributed by atoms with E-state index in [9.17, 15) is 9.90 Å². The Morgan fingerprint density at radius 1 is 1.28 bits per heavy atom. The molecule has 3 rings (SSSR count). The largest absolute Gasteiger partial charge is 0.493 e. The van der Waals surface area contributed by atoms with Crippen molar-refractivity contribution in [3.05, 3.63) is 40.8 Å². The number of benzene rings is 1. The Labute approximate surface area is 170 Å². The number of rotatable bonds is 7. The van der Waals surface area contributed by atoms with Crippen LogP contribution in [0.25, 0.3) is 0 Å². The van der Waals surface area contributed by atoms with Gasteiger partial charge in [0.15, 0.2) is 11.5 Å². The highest BCUT2D eigenvalue weighted by molar-refractivity contribution is 5.77. The molecule has 0 saturated carbocycles. The first kappa shape index (κ1) is 21.1. The van der Waals surface area contributed by atoms with E-state index in [0.29, 0.717) is 37.5 Å². The van der Waals surface area contributed by atoms with E-state index in [-0.39, 0.29) is 12.5 Å². The average molecular weight is 404 g/mol. The van der Waals surface area contributed by atoms with Crippen molar-refractivity contribution in [1.29, 1.82) is 0 Å². The van der Waals surface area contributed by atoms with Crippen molar-refractivity contribution in [3.63, 3.8) is 0 Å². The highest BCUT2D eigenvalue weighted by atomic mass is 16.5. The molecule has 1 aliphatic heterocycles. The molecule has 0 unspecified atom stereocenters. The smallest absolute Gasteiger partial charge is 0.223 e. The standard InChI is InChI=1S/C21H28N2O6/c1-13-16(14(2)29-22-13)6-8-20(25)23-9-10-28-19(12-24)21(23)15-5-7-17(26-3)18(11-15)27-4/h5,7,11,19,21,24H,6,8-10,12H2,1-4H3/t19-,21-/m1/s1. The Morgan fingerprint density at radius 3 is 2.66 bits per heavy atom. The monoisotopic (exact) mass is 404 g/mol. The second-order valence-corrected chi connectivity index (χ2v) is 7.04. The van der Waals surface area contributed by atoms with E-state index in [1.165, 1.54) is 0 Å². The van der Waals surface area contributed by atoms with Crippen molar-refractivity contribution < 1.29 is 28.6 Å². The number of carbonyl (C=O) groups is 1. The molecule has 1 N–H and O–H groups in total. The number of aliphatic hydroxyl groups excluding tert-OH is 1. The quantitative estimate of drug-likeness (QED) is 0.756. The first-order valence-corrected chi connectivity index (χ1v) is 9.65. The van der Waals surface area contributed by atoms with Crippen LogP contribution in [-0.2, 0) is 16.0 Å². The second-order valence-electron chi connectivity index (χ2n) is 7.04. The van der Waals surface area contributed by atoms with Gasteiger partial charge in [-0.15, -0.1) is 0 Å². The van der Waals surface area contributed by atoms with Crippen LogP contribution in [0.2, 0.25) is 0 Å². The first-order valence-electron chi connectivity index (χ1n) is 9.65. The minimum atomic E-state index is -0.509. The fraction of sp³-hybridized carbons (Fsp3) is 0.524. The Kier molecular flexibility index (Phi) is 6.76. The zero-order valence-corrected chi connectivity index (χ0v) is 17.3. The van der Waals surface area contributed by atoms with Gasteiger partial charge in [0, 0.05) is 18.5 Å². The summed E-state index contributed by atoms with van der Waals surface area (Å²) in [7, 11) is 3.14. The number of aliphatic hydroxyl groups is 1. The molecule has 2 aromatic rings. The molecule has 1 aromatic carbocycles. The summed E-state index contributed by atoms with van der Waals surface area (Å²) >= 11 is 0. The van der Waals surface area contributed by atoms with E-state index < -0.39 is 12.1 Å². The van der Waals surface area contributed by atoms with Gasteiger partial charge in [-0.05, 0) is 38.0 Å². The number of aromatic nitrogens is 1. The molecule has 1 fully saturated rings. The second kappa shape index (κ2) is 9.28. The normalized spacial score (nSPS) is 19.3. The van der Waals surface area contributed by atoms with Crippen molar-refractivity contribution in [1.82, 2.24) is 10.1 Å². The van der Waals surface area contributed by atoms with Gasteiger partial charge in [-0.3, -0.25) is 4.79 Å². The molecule has 158 valence electrons. The van der Waals surface area contributed by atoms with Gasteiger partial charge in [-0.25, -0.2) is 0 Å². The molecule has 8 nitrogen and oxygen atoms in total. The van der Waals surface area contributed by atoms with E-state index >= 15 is 0 Å². The Bertz CT molecular complexity index is 830. The molecule has 2 heterocycles. The Morgan fingerprint density at radius 2 is 2.03 bits per heavy atom. The number of methoxy groups -OCH3 is 2. The molecular weight excluding hydrogens is 376 g/mol. The molecule has 0 radical (unpaired) electrons. The lowest BCUT2D eigenvalue weighted by molar-refractivity contribution is -0.149. The topological polar surface area (TPSA) is 94.3 Å². The van der Waals surface area contributed by atoms with Crippen LogP contribution in [0.15, 0.2) is 22.7 Å². The van der Waals surface area contributed by atoms with Gasteiger partial charge < -0.3 is 28.7 Å². The summed E-state index contributed by atoms with van der Waals surface area (Å²) in [4.78, 5) is 14.9. The van der Waals surface area contributed by atoms with E-state index in [0.717, 1.165) is 22.6 Å². The van der Waals surface area contributed by atoms with Crippen LogP contribution in [0.5, 0.6) is 11.5 Å².